The van der Waals surface area contributed by atoms with Crippen LogP contribution < -0.4 is 16.0 Å². The molecule has 0 bridgehead atoms. The monoisotopic (exact) mass is 342 g/mol. The molecule has 7 heteroatoms. The Hall–Kier alpha value is -1.34. The SMILES string of the molecule is CCCCOCCOCCNC(=NC)NCCCC(=O)NC1CC1. The lowest BCUT2D eigenvalue weighted by Crippen LogP contribution is -2.39. The van der Waals surface area contributed by atoms with Crippen molar-refractivity contribution in [3.63, 3.8) is 0 Å². The van der Waals surface area contributed by atoms with Gasteiger partial charge < -0.3 is 25.4 Å². The largest absolute Gasteiger partial charge is 0.379 e. The van der Waals surface area contributed by atoms with Gasteiger partial charge in [-0.25, -0.2) is 0 Å². The third-order valence-electron chi connectivity index (χ3n) is 3.59. The van der Waals surface area contributed by atoms with Gasteiger partial charge in [-0.3, -0.25) is 9.79 Å². The molecule has 0 atom stereocenters. The van der Waals surface area contributed by atoms with Crippen LogP contribution in [0, 0.1) is 0 Å². The van der Waals surface area contributed by atoms with Gasteiger partial charge in [0, 0.05) is 39.2 Å². The summed E-state index contributed by atoms with van der Waals surface area (Å²) in [6.07, 6.45) is 5.88. The minimum absolute atomic E-state index is 0.150. The molecular formula is C17H34N4O3. The van der Waals surface area contributed by atoms with Gasteiger partial charge in [-0.05, 0) is 25.7 Å². The predicted molar refractivity (Wildman–Crippen MR) is 96.3 cm³/mol. The molecule has 3 N–H and O–H groups in total. The fourth-order valence-electron chi connectivity index (χ4n) is 2.01. The van der Waals surface area contributed by atoms with Crippen LogP contribution >= 0.6 is 0 Å². The van der Waals surface area contributed by atoms with Crippen LogP contribution in [0.25, 0.3) is 0 Å². The number of unbranched alkanes of at least 4 members (excludes halogenated alkanes) is 1. The van der Waals surface area contributed by atoms with Crippen LogP contribution in [0.4, 0.5) is 0 Å². The molecule has 1 aliphatic rings. The van der Waals surface area contributed by atoms with Crippen molar-refractivity contribution in [2.24, 2.45) is 4.99 Å². The average molecular weight is 342 g/mol. The lowest BCUT2D eigenvalue weighted by molar-refractivity contribution is -0.121. The number of ether oxygens (including phenoxy) is 2. The number of rotatable bonds is 14. The van der Waals surface area contributed by atoms with Crippen molar-refractivity contribution in [1.29, 1.82) is 0 Å². The van der Waals surface area contributed by atoms with E-state index in [1.165, 1.54) is 0 Å². The maximum atomic E-state index is 11.6. The molecule has 0 spiro atoms. The maximum absolute atomic E-state index is 11.6. The van der Waals surface area contributed by atoms with Gasteiger partial charge in [-0.15, -0.1) is 0 Å². The van der Waals surface area contributed by atoms with E-state index in [4.69, 9.17) is 9.47 Å². The summed E-state index contributed by atoms with van der Waals surface area (Å²) in [6, 6.07) is 0.442. The number of carbonyl (C=O) groups excluding carboxylic acids is 1. The zero-order valence-electron chi connectivity index (χ0n) is 15.2. The van der Waals surface area contributed by atoms with Gasteiger partial charge in [0.25, 0.3) is 0 Å². The van der Waals surface area contributed by atoms with Crippen LogP contribution in [0.5, 0.6) is 0 Å². The van der Waals surface area contributed by atoms with Crippen LogP contribution in [-0.4, -0.2) is 64.5 Å². The molecule has 1 amide bonds. The van der Waals surface area contributed by atoms with E-state index in [1.54, 1.807) is 7.05 Å². The second-order valence-electron chi connectivity index (χ2n) is 5.95. The van der Waals surface area contributed by atoms with E-state index in [2.05, 4.69) is 27.9 Å². The van der Waals surface area contributed by atoms with Gasteiger partial charge in [-0.2, -0.15) is 0 Å². The Kier molecular flexibility index (Phi) is 12.1. The molecule has 0 aliphatic heterocycles. The molecule has 0 heterocycles. The highest BCUT2D eigenvalue weighted by Gasteiger charge is 2.22. The Morgan fingerprint density at radius 3 is 2.42 bits per heavy atom. The summed E-state index contributed by atoms with van der Waals surface area (Å²) in [5.74, 6) is 0.886. The lowest BCUT2D eigenvalue weighted by Gasteiger charge is -2.12. The maximum Gasteiger partial charge on any atom is 0.220 e. The number of amides is 1. The highest BCUT2D eigenvalue weighted by atomic mass is 16.5. The highest BCUT2D eigenvalue weighted by Crippen LogP contribution is 2.18. The zero-order valence-corrected chi connectivity index (χ0v) is 15.2. The summed E-state index contributed by atoms with van der Waals surface area (Å²) in [7, 11) is 1.73. The summed E-state index contributed by atoms with van der Waals surface area (Å²) in [5, 5.41) is 9.37. The first-order valence-corrected chi connectivity index (χ1v) is 9.15. The fourth-order valence-corrected chi connectivity index (χ4v) is 2.01. The third-order valence-corrected chi connectivity index (χ3v) is 3.59. The van der Waals surface area contributed by atoms with E-state index < -0.39 is 0 Å². The topological polar surface area (TPSA) is 84.0 Å². The molecule has 0 aromatic carbocycles. The quantitative estimate of drug-likeness (QED) is 0.250. The van der Waals surface area contributed by atoms with Gasteiger partial charge in [0.05, 0.1) is 19.8 Å². The third kappa shape index (κ3) is 12.1. The molecule has 24 heavy (non-hydrogen) atoms. The zero-order chi connectivity index (χ0) is 17.5. The summed E-state index contributed by atoms with van der Waals surface area (Å²) in [6.45, 7) is 6.26. The standard InChI is InChI=1S/C17H34N4O3/c1-3-4-11-23-13-14-24-12-10-20-17(18-2)19-9-5-6-16(22)21-15-7-8-15/h15H,3-14H2,1-2H3,(H,21,22)(H2,18,19,20). The molecular weight excluding hydrogens is 308 g/mol. The summed E-state index contributed by atoms with van der Waals surface area (Å²) in [5.41, 5.74) is 0. The van der Waals surface area contributed by atoms with Crippen LogP contribution in [0.1, 0.15) is 45.4 Å². The van der Waals surface area contributed by atoms with Crippen LogP contribution in [0.2, 0.25) is 0 Å². The van der Waals surface area contributed by atoms with E-state index in [-0.39, 0.29) is 5.91 Å². The molecule has 7 nitrogen and oxygen atoms in total. The minimum Gasteiger partial charge on any atom is -0.379 e. The number of guanidine groups is 1. The highest BCUT2D eigenvalue weighted by molar-refractivity contribution is 5.79. The van der Waals surface area contributed by atoms with Gasteiger partial charge in [-0.1, -0.05) is 13.3 Å². The first kappa shape index (κ1) is 20.7. The average Bonchev–Trinajstić information content (AvgIpc) is 3.39. The van der Waals surface area contributed by atoms with Crippen molar-refractivity contribution in [1.82, 2.24) is 16.0 Å². The van der Waals surface area contributed by atoms with Crippen LogP contribution in [0.15, 0.2) is 4.99 Å². The molecule has 0 radical (unpaired) electrons. The molecule has 0 aromatic rings. The Labute approximate surface area is 146 Å². The Balaban J connectivity index is 1.88. The number of nitrogens with one attached hydrogen (secondary N) is 3. The van der Waals surface area contributed by atoms with Gasteiger partial charge in [0.1, 0.15) is 0 Å². The van der Waals surface area contributed by atoms with E-state index in [0.29, 0.717) is 38.8 Å². The Morgan fingerprint density at radius 1 is 1.04 bits per heavy atom. The molecule has 0 saturated heterocycles. The first-order valence-electron chi connectivity index (χ1n) is 9.15. The Morgan fingerprint density at radius 2 is 1.75 bits per heavy atom. The number of nitrogens with zero attached hydrogens (tertiary/aromatic N) is 1. The molecule has 1 aliphatic carbocycles. The van der Waals surface area contributed by atoms with E-state index >= 15 is 0 Å². The van der Waals surface area contributed by atoms with Gasteiger partial charge >= 0.3 is 0 Å². The van der Waals surface area contributed by atoms with Crippen molar-refractivity contribution >= 4 is 11.9 Å². The van der Waals surface area contributed by atoms with Crippen molar-refractivity contribution in [3.05, 3.63) is 0 Å². The summed E-state index contributed by atoms with van der Waals surface area (Å²) >= 11 is 0. The van der Waals surface area contributed by atoms with Crippen LogP contribution in [-0.2, 0) is 14.3 Å². The van der Waals surface area contributed by atoms with Gasteiger partial charge in [0.15, 0.2) is 5.96 Å². The predicted octanol–water partition coefficient (Wildman–Crippen LogP) is 1.04. The normalized spacial score (nSPS) is 14.5. The van der Waals surface area contributed by atoms with Crippen molar-refractivity contribution in [3.8, 4) is 0 Å². The van der Waals surface area contributed by atoms with E-state index in [0.717, 1.165) is 51.2 Å². The molecule has 1 fully saturated rings. The number of carbonyl (C=O) groups is 1. The van der Waals surface area contributed by atoms with E-state index in [1.807, 2.05) is 0 Å². The number of hydrogen-bond acceptors (Lipinski definition) is 4. The second kappa shape index (κ2) is 14.0. The molecule has 1 saturated carbocycles. The summed E-state index contributed by atoms with van der Waals surface area (Å²) < 4.78 is 10.9. The first-order chi connectivity index (χ1) is 11.8. The number of hydrogen-bond donors (Lipinski definition) is 3. The van der Waals surface area contributed by atoms with Crippen molar-refractivity contribution in [2.45, 2.75) is 51.5 Å². The van der Waals surface area contributed by atoms with E-state index in [9.17, 15) is 4.79 Å². The minimum atomic E-state index is 0.150. The van der Waals surface area contributed by atoms with Gasteiger partial charge in [0.2, 0.25) is 5.91 Å². The lowest BCUT2D eigenvalue weighted by atomic mass is 10.3. The molecule has 0 aromatic heterocycles. The fraction of sp³-hybridized carbons (Fsp3) is 0.882. The molecule has 1 rings (SSSR count). The van der Waals surface area contributed by atoms with Crippen molar-refractivity contribution < 1.29 is 14.3 Å². The molecule has 140 valence electrons. The summed E-state index contributed by atoms with van der Waals surface area (Å²) in [4.78, 5) is 15.7. The molecule has 0 unspecified atom stereocenters. The Bertz CT molecular complexity index is 360. The smallest absolute Gasteiger partial charge is 0.220 e. The second-order valence-corrected chi connectivity index (χ2v) is 5.95. The number of aliphatic imine (C=N–C) groups is 1. The van der Waals surface area contributed by atoms with Crippen molar-refractivity contribution in [2.75, 3.05) is 46.6 Å². The van der Waals surface area contributed by atoms with Crippen LogP contribution in [0.3, 0.4) is 0 Å².